The molecule has 3 rings (SSSR count). The molecule has 0 saturated heterocycles. The van der Waals surface area contributed by atoms with Crippen molar-refractivity contribution in [2.45, 2.75) is 58.1 Å². The molecule has 1 aromatic rings. The van der Waals surface area contributed by atoms with Crippen molar-refractivity contribution in [2.24, 2.45) is 5.41 Å². The number of aromatic nitrogens is 2. The second kappa shape index (κ2) is 4.78. The van der Waals surface area contributed by atoms with Crippen molar-refractivity contribution in [3.8, 4) is 0 Å². The fourth-order valence-corrected chi connectivity index (χ4v) is 3.98. The standard InChI is InChI=1S/C13H21N3OS/c1-3-11-15-16-12(18-11)14-9-8-10(17-4-2)13(9)6-5-7-13/h9-10H,3-8H2,1-2H3,(H,14,16). The van der Waals surface area contributed by atoms with Crippen LogP contribution in [-0.2, 0) is 11.2 Å². The molecule has 0 radical (unpaired) electrons. The zero-order chi connectivity index (χ0) is 12.6. The van der Waals surface area contributed by atoms with Crippen LogP contribution >= 0.6 is 11.3 Å². The van der Waals surface area contributed by atoms with Crippen molar-refractivity contribution in [3.05, 3.63) is 5.01 Å². The summed E-state index contributed by atoms with van der Waals surface area (Å²) in [6, 6.07) is 0.542. The van der Waals surface area contributed by atoms with E-state index in [9.17, 15) is 0 Å². The summed E-state index contributed by atoms with van der Waals surface area (Å²) in [5, 5.41) is 14.1. The van der Waals surface area contributed by atoms with Crippen LogP contribution in [0, 0.1) is 5.41 Å². The maximum Gasteiger partial charge on any atom is 0.205 e. The molecule has 0 aliphatic heterocycles. The first kappa shape index (κ1) is 12.4. The third kappa shape index (κ3) is 1.84. The van der Waals surface area contributed by atoms with E-state index in [1.54, 1.807) is 11.3 Å². The van der Waals surface area contributed by atoms with E-state index < -0.39 is 0 Å². The van der Waals surface area contributed by atoms with E-state index in [0.29, 0.717) is 17.6 Å². The van der Waals surface area contributed by atoms with Crippen LogP contribution < -0.4 is 5.32 Å². The van der Waals surface area contributed by atoms with Crippen LogP contribution in [0.2, 0.25) is 0 Å². The minimum Gasteiger partial charge on any atom is -0.378 e. The molecule has 2 saturated carbocycles. The molecule has 1 heterocycles. The summed E-state index contributed by atoms with van der Waals surface area (Å²) in [5.74, 6) is 0. The molecular weight excluding hydrogens is 246 g/mol. The van der Waals surface area contributed by atoms with Crippen molar-refractivity contribution in [3.63, 3.8) is 0 Å². The van der Waals surface area contributed by atoms with Crippen molar-refractivity contribution in [1.82, 2.24) is 10.2 Å². The Bertz CT molecular complexity index is 416. The van der Waals surface area contributed by atoms with Crippen LogP contribution in [-0.4, -0.2) is 29.0 Å². The second-order valence-corrected chi connectivity index (χ2v) is 6.38. The van der Waals surface area contributed by atoms with E-state index in [2.05, 4.69) is 29.4 Å². The van der Waals surface area contributed by atoms with Crippen LogP contribution in [0.1, 0.15) is 44.5 Å². The van der Waals surface area contributed by atoms with Crippen molar-refractivity contribution >= 4 is 16.5 Å². The quantitative estimate of drug-likeness (QED) is 0.891. The Morgan fingerprint density at radius 3 is 2.78 bits per heavy atom. The minimum absolute atomic E-state index is 0.397. The predicted molar refractivity (Wildman–Crippen MR) is 73.0 cm³/mol. The Kier molecular flexibility index (Phi) is 3.28. The second-order valence-electron chi connectivity index (χ2n) is 5.32. The third-order valence-corrected chi connectivity index (χ3v) is 5.50. The smallest absolute Gasteiger partial charge is 0.205 e. The summed E-state index contributed by atoms with van der Waals surface area (Å²) in [6.07, 6.45) is 6.50. The number of hydrogen-bond acceptors (Lipinski definition) is 5. The lowest BCUT2D eigenvalue weighted by Crippen LogP contribution is -2.64. The van der Waals surface area contributed by atoms with Crippen LogP contribution in [0.15, 0.2) is 0 Å². The summed E-state index contributed by atoms with van der Waals surface area (Å²) in [6.45, 7) is 5.04. The number of aryl methyl sites for hydroxylation is 1. The largest absolute Gasteiger partial charge is 0.378 e. The Balaban J connectivity index is 1.64. The molecule has 4 nitrogen and oxygen atoms in total. The fraction of sp³-hybridized carbons (Fsp3) is 0.846. The number of rotatable bonds is 5. The first-order valence-electron chi connectivity index (χ1n) is 6.99. The van der Waals surface area contributed by atoms with Crippen molar-refractivity contribution in [2.75, 3.05) is 11.9 Å². The zero-order valence-corrected chi connectivity index (χ0v) is 11.9. The van der Waals surface area contributed by atoms with Gasteiger partial charge in [-0.15, -0.1) is 10.2 Å². The van der Waals surface area contributed by atoms with E-state index >= 15 is 0 Å². The Morgan fingerprint density at radius 1 is 1.39 bits per heavy atom. The molecule has 100 valence electrons. The fourth-order valence-electron chi connectivity index (χ4n) is 3.24. The number of anilines is 1. The molecule has 0 aromatic carbocycles. The lowest BCUT2D eigenvalue weighted by molar-refractivity contribution is -0.157. The first-order valence-corrected chi connectivity index (χ1v) is 7.80. The van der Waals surface area contributed by atoms with E-state index in [4.69, 9.17) is 4.74 Å². The summed E-state index contributed by atoms with van der Waals surface area (Å²) in [5.41, 5.74) is 0.397. The summed E-state index contributed by atoms with van der Waals surface area (Å²) in [7, 11) is 0. The molecule has 2 atom stereocenters. The van der Waals surface area contributed by atoms with Gasteiger partial charge in [0.2, 0.25) is 5.13 Å². The summed E-state index contributed by atoms with van der Waals surface area (Å²) >= 11 is 1.69. The molecule has 0 amide bonds. The Morgan fingerprint density at radius 2 is 2.22 bits per heavy atom. The van der Waals surface area contributed by atoms with Crippen molar-refractivity contribution in [1.29, 1.82) is 0 Å². The van der Waals surface area contributed by atoms with Gasteiger partial charge in [0.05, 0.1) is 6.10 Å². The zero-order valence-electron chi connectivity index (χ0n) is 11.1. The average Bonchev–Trinajstić information content (AvgIpc) is 2.73. The molecular formula is C13H21N3OS. The van der Waals surface area contributed by atoms with Gasteiger partial charge < -0.3 is 10.1 Å². The normalized spacial score (nSPS) is 28.8. The third-order valence-electron chi connectivity index (χ3n) is 4.50. The molecule has 1 aromatic heterocycles. The highest BCUT2D eigenvalue weighted by Crippen LogP contribution is 2.58. The van der Waals surface area contributed by atoms with Gasteiger partial charge in [0.15, 0.2) is 0 Å². The van der Waals surface area contributed by atoms with E-state index in [-0.39, 0.29) is 0 Å². The highest BCUT2D eigenvalue weighted by molar-refractivity contribution is 7.15. The van der Waals surface area contributed by atoms with Gasteiger partial charge in [-0.3, -0.25) is 0 Å². The van der Waals surface area contributed by atoms with Gasteiger partial charge in [0.1, 0.15) is 5.01 Å². The minimum atomic E-state index is 0.397. The monoisotopic (exact) mass is 267 g/mol. The van der Waals surface area contributed by atoms with E-state index in [0.717, 1.165) is 29.6 Å². The molecule has 1 spiro atoms. The molecule has 18 heavy (non-hydrogen) atoms. The average molecular weight is 267 g/mol. The lowest BCUT2D eigenvalue weighted by atomic mass is 9.51. The highest BCUT2D eigenvalue weighted by Gasteiger charge is 2.59. The molecule has 5 heteroatoms. The van der Waals surface area contributed by atoms with Crippen LogP contribution in [0.25, 0.3) is 0 Å². The Labute approximate surface area is 112 Å². The predicted octanol–water partition coefficient (Wildman–Crippen LogP) is 2.86. The highest BCUT2D eigenvalue weighted by atomic mass is 32.1. The molecule has 2 aliphatic rings. The van der Waals surface area contributed by atoms with Gasteiger partial charge in [0, 0.05) is 18.1 Å². The molecule has 0 bridgehead atoms. The van der Waals surface area contributed by atoms with Gasteiger partial charge in [-0.25, -0.2) is 0 Å². The molecule has 2 aliphatic carbocycles. The molecule has 2 fully saturated rings. The van der Waals surface area contributed by atoms with Crippen molar-refractivity contribution < 1.29 is 4.74 Å². The molecule has 2 unspecified atom stereocenters. The maximum absolute atomic E-state index is 5.86. The number of nitrogens with one attached hydrogen (secondary N) is 1. The lowest BCUT2D eigenvalue weighted by Gasteiger charge is -2.60. The van der Waals surface area contributed by atoms with Gasteiger partial charge in [-0.1, -0.05) is 24.7 Å². The van der Waals surface area contributed by atoms with Gasteiger partial charge in [-0.05, 0) is 32.6 Å². The van der Waals surface area contributed by atoms with Crippen LogP contribution in [0.4, 0.5) is 5.13 Å². The maximum atomic E-state index is 5.86. The van der Waals surface area contributed by atoms with Gasteiger partial charge in [0.25, 0.3) is 0 Å². The SMILES string of the molecule is CCOC1CC(Nc2nnc(CC)s2)C12CCC2. The first-order chi connectivity index (χ1) is 8.78. The van der Waals surface area contributed by atoms with E-state index in [1.165, 1.54) is 19.3 Å². The Hall–Kier alpha value is -0.680. The number of hydrogen-bond donors (Lipinski definition) is 1. The van der Waals surface area contributed by atoms with Crippen LogP contribution in [0.3, 0.4) is 0 Å². The topological polar surface area (TPSA) is 47.0 Å². The van der Waals surface area contributed by atoms with Crippen LogP contribution in [0.5, 0.6) is 0 Å². The number of ether oxygens (including phenoxy) is 1. The summed E-state index contributed by atoms with van der Waals surface area (Å²) in [4.78, 5) is 0. The number of nitrogens with zero attached hydrogens (tertiary/aromatic N) is 2. The molecule has 1 N–H and O–H groups in total. The van der Waals surface area contributed by atoms with Gasteiger partial charge in [-0.2, -0.15) is 0 Å². The van der Waals surface area contributed by atoms with E-state index in [1.807, 2.05) is 0 Å². The van der Waals surface area contributed by atoms with Gasteiger partial charge >= 0.3 is 0 Å². The summed E-state index contributed by atoms with van der Waals surface area (Å²) < 4.78 is 5.86.